The maximum absolute atomic E-state index is 9.76. The Morgan fingerprint density at radius 3 is 2.39 bits per heavy atom. The number of rotatable bonds is 3. The number of benzene rings is 1. The van der Waals surface area contributed by atoms with Gasteiger partial charge in [-0.05, 0) is 48.1 Å². The summed E-state index contributed by atoms with van der Waals surface area (Å²) in [7, 11) is 0. The van der Waals surface area contributed by atoms with Gasteiger partial charge in [-0.15, -0.1) is 0 Å². The van der Waals surface area contributed by atoms with E-state index in [0.29, 0.717) is 5.92 Å². The average Bonchev–Trinajstić information content (AvgIpc) is 2.39. The Bertz CT molecular complexity index is 377. The largest absolute Gasteiger partial charge is 0.393 e. The van der Waals surface area contributed by atoms with Crippen LogP contribution in [0.25, 0.3) is 0 Å². The maximum Gasteiger partial charge on any atom is 0.0546 e. The van der Waals surface area contributed by atoms with Crippen molar-refractivity contribution in [3.63, 3.8) is 0 Å². The minimum atomic E-state index is -0.0875. The molecule has 0 saturated heterocycles. The number of hydrogen-bond acceptors (Lipinski definition) is 1. The molecule has 0 radical (unpaired) electrons. The number of aliphatic hydroxyl groups is 1. The SMILES string of the molecule is CCC(C)(C)c1ccc([C@@H]2CCC[C@@H](O)C2)cc1. The Kier molecular flexibility index (Phi) is 4.11. The first kappa shape index (κ1) is 13.6. The molecule has 1 heteroatoms. The van der Waals surface area contributed by atoms with Gasteiger partial charge < -0.3 is 5.11 Å². The van der Waals surface area contributed by atoms with Crippen LogP contribution in [-0.2, 0) is 5.41 Å². The van der Waals surface area contributed by atoms with Gasteiger partial charge >= 0.3 is 0 Å². The Morgan fingerprint density at radius 1 is 1.17 bits per heavy atom. The minimum Gasteiger partial charge on any atom is -0.393 e. The van der Waals surface area contributed by atoms with Crippen molar-refractivity contribution in [2.75, 3.05) is 0 Å². The Morgan fingerprint density at radius 2 is 1.83 bits per heavy atom. The second-order valence-electron chi connectivity index (χ2n) is 6.38. The summed E-state index contributed by atoms with van der Waals surface area (Å²) < 4.78 is 0. The van der Waals surface area contributed by atoms with Crippen LogP contribution in [0, 0.1) is 0 Å². The maximum atomic E-state index is 9.76. The van der Waals surface area contributed by atoms with Gasteiger partial charge in [0.05, 0.1) is 6.10 Å². The smallest absolute Gasteiger partial charge is 0.0546 e. The van der Waals surface area contributed by atoms with E-state index in [2.05, 4.69) is 45.0 Å². The molecule has 0 amide bonds. The van der Waals surface area contributed by atoms with Gasteiger partial charge in [0.1, 0.15) is 0 Å². The number of aliphatic hydroxyl groups excluding tert-OH is 1. The second-order valence-corrected chi connectivity index (χ2v) is 6.38. The van der Waals surface area contributed by atoms with Gasteiger partial charge in [-0.3, -0.25) is 0 Å². The molecule has 1 nitrogen and oxygen atoms in total. The Balaban J connectivity index is 2.12. The highest BCUT2D eigenvalue weighted by Gasteiger charge is 2.22. The fourth-order valence-electron chi connectivity index (χ4n) is 2.88. The van der Waals surface area contributed by atoms with Crippen LogP contribution in [0.4, 0.5) is 0 Å². The molecule has 1 saturated carbocycles. The minimum absolute atomic E-state index is 0.0875. The fourth-order valence-corrected chi connectivity index (χ4v) is 2.88. The summed E-state index contributed by atoms with van der Waals surface area (Å²) in [5.74, 6) is 0.563. The quantitative estimate of drug-likeness (QED) is 0.838. The molecule has 1 aromatic rings. The monoisotopic (exact) mass is 246 g/mol. The average molecular weight is 246 g/mol. The van der Waals surface area contributed by atoms with Gasteiger partial charge in [0.15, 0.2) is 0 Å². The molecule has 100 valence electrons. The molecule has 1 aliphatic carbocycles. The van der Waals surface area contributed by atoms with Crippen LogP contribution < -0.4 is 0 Å². The summed E-state index contributed by atoms with van der Waals surface area (Å²) in [4.78, 5) is 0. The fraction of sp³-hybridized carbons (Fsp3) is 0.647. The molecule has 0 aliphatic heterocycles. The van der Waals surface area contributed by atoms with E-state index in [9.17, 15) is 5.11 Å². The van der Waals surface area contributed by atoms with Crippen molar-refractivity contribution in [3.05, 3.63) is 35.4 Å². The zero-order valence-electron chi connectivity index (χ0n) is 11.9. The van der Waals surface area contributed by atoms with Crippen LogP contribution in [0.5, 0.6) is 0 Å². The van der Waals surface area contributed by atoms with Gasteiger partial charge in [0.2, 0.25) is 0 Å². The van der Waals surface area contributed by atoms with Gasteiger partial charge in [-0.25, -0.2) is 0 Å². The molecule has 0 heterocycles. The molecule has 0 spiro atoms. The summed E-state index contributed by atoms with van der Waals surface area (Å²) >= 11 is 0. The lowest BCUT2D eigenvalue weighted by Crippen LogP contribution is -2.19. The highest BCUT2D eigenvalue weighted by molar-refractivity contribution is 5.30. The van der Waals surface area contributed by atoms with Crippen LogP contribution in [0.15, 0.2) is 24.3 Å². The van der Waals surface area contributed by atoms with E-state index in [1.54, 1.807) is 0 Å². The van der Waals surface area contributed by atoms with Crippen molar-refractivity contribution in [1.29, 1.82) is 0 Å². The van der Waals surface area contributed by atoms with E-state index in [1.165, 1.54) is 17.5 Å². The van der Waals surface area contributed by atoms with Gasteiger partial charge in [-0.1, -0.05) is 51.5 Å². The van der Waals surface area contributed by atoms with Crippen LogP contribution in [0.2, 0.25) is 0 Å². The van der Waals surface area contributed by atoms with E-state index in [0.717, 1.165) is 25.7 Å². The molecule has 0 aromatic heterocycles. The van der Waals surface area contributed by atoms with E-state index < -0.39 is 0 Å². The summed E-state index contributed by atoms with van der Waals surface area (Å²) in [5.41, 5.74) is 3.10. The topological polar surface area (TPSA) is 20.2 Å². The van der Waals surface area contributed by atoms with Crippen LogP contribution in [0.3, 0.4) is 0 Å². The molecule has 18 heavy (non-hydrogen) atoms. The molecule has 0 bridgehead atoms. The molecule has 1 N–H and O–H groups in total. The molecular formula is C17H26O. The molecule has 2 atom stereocenters. The molecular weight excluding hydrogens is 220 g/mol. The number of hydrogen-bond donors (Lipinski definition) is 1. The normalized spacial score (nSPS) is 25.1. The van der Waals surface area contributed by atoms with Crippen LogP contribution in [0.1, 0.15) is 69.9 Å². The first-order valence-corrected chi connectivity index (χ1v) is 7.31. The third kappa shape index (κ3) is 2.95. The lowest BCUT2D eigenvalue weighted by Gasteiger charge is -2.28. The third-order valence-corrected chi connectivity index (χ3v) is 4.69. The van der Waals surface area contributed by atoms with E-state index in [-0.39, 0.29) is 11.5 Å². The zero-order valence-corrected chi connectivity index (χ0v) is 11.9. The molecule has 0 unspecified atom stereocenters. The van der Waals surface area contributed by atoms with E-state index in [1.807, 2.05) is 0 Å². The van der Waals surface area contributed by atoms with Gasteiger partial charge in [0, 0.05) is 0 Å². The molecule has 1 fully saturated rings. The van der Waals surface area contributed by atoms with Crippen molar-refractivity contribution in [1.82, 2.24) is 0 Å². The Labute approximate surface area is 111 Å². The van der Waals surface area contributed by atoms with Crippen LogP contribution in [-0.4, -0.2) is 11.2 Å². The van der Waals surface area contributed by atoms with Crippen molar-refractivity contribution < 1.29 is 5.11 Å². The first-order chi connectivity index (χ1) is 8.53. The molecule has 1 aliphatic rings. The van der Waals surface area contributed by atoms with Crippen molar-refractivity contribution in [2.45, 2.75) is 70.3 Å². The van der Waals surface area contributed by atoms with Crippen LogP contribution >= 0.6 is 0 Å². The molecule has 2 rings (SSSR count). The van der Waals surface area contributed by atoms with Gasteiger partial charge in [-0.2, -0.15) is 0 Å². The summed E-state index contributed by atoms with van der Waals surface area (Å²) in [6.07, 6.45) is 5.39. The third-order valence-electron chi connectivity index (χ3n) is 4.69. The van der Waals surface area contributed by atoms with Crippen molar-refractivity contribution in [3.8, 4) is 0 Å². The van der Waals surface area contributed by atoms with E-state index in [4.69, 9.17) is 0 Å². The van der Waals surface area contributed by atoms with Crippen molar-refractivity contribution in [2.24, 2.45) is 0 Å². The second kappa shape index (κ2) is 5.44. The van der Waals surface area contributed by atoms with Gasteiger partial charge in [0.25, 0.3) is 0 Å². The zero-order chi connectivity index (χ0) is 13.2. The summed E-state index contributed by atoms with van der Waals surface area (Å²) in [6, 6.07) is 9.10. The standard InChI is InChI=1S/C17H26O/c1-4-17(2,3)15-10-8-13(9-11-15)14-6-5-7-16(18)12-14/h8-11,14,16,18H,4-7,12H2,1-3H3/t14-,16-/m1/s1. The van der Waals surface area contributed by atoms with Crippen molar-refractivity contribution >= 4 is 0 Å². The Hall–Kier alpha value is -0.820. The highest BCUT2D eigenvalue weighted by atomic mass is 16.3. The predicted octanol–water partition coefficient (Wildman–Crippen LogP) is 4.39. The van der Waals surface area contributed by atoms with E-state index >= 15 is 0 Å². The predicted molar refractivity (Wildman–Crippen MR) is 77.0 cm³/mol. The lowest BCUT2D eigenvalue weighted by molar-refractivity contribution is 0.119. The summed E-state index contributed by atoms with van der Waals surface area (Å²) in [5, 5.41) is 9.76. The highest BCUT2D eigenvalue weighted by Crippen LogP contribution is 2.34. The molecule has 1 aromatic carbocycles. The first-order valence-electron chi connectivity index (χ1n) is 7.31. The lowest BCUT2D eigenvalue weighted by atomic mass is 9.79. The summed E-state index contributed by atoms with van der Waals surface area (Å²) in [6.45, 7) is 6.84.